The average Bonchev–Trinajstić information content (AvgIpc) is 3.60. The molecule has 1 heterocycles. The number of furan rings is 1. The molecule has 0 saturated carbocycles. The van der Waals surface area contributed by atoms with Crippen molar-refractivity contribution in [2.24, 2.45) is 0 Å². The molecule has 0 unspecified atom stereocenters. The summed E-state index contributed by atoms with van der Waals surface area (Å²) < 4.78 is 6.54. The lowest BCUT2D eigenvalue weighted by Crippen LogP contribution is -1.87. The zero-order chi connectivity index (χ0) is 34.6. The van der Waals surface area contributed by atoms with Crippen molar-refractivity contribution in [3.05, 3.63) is 182 Å². The number of hydrogen-bond donors (Lipinski definition) is 0. The maximum atomic E-state index is 6.54. The lowest BCUT2D eigenvalue weighted by Gasteiger charge is -2.13. The second kappa shape index (κ2) is 10.8. The first-order chi connectivity index (χ1) is 26.2. The first-order valence-corrected chi connectivity index (χ1v) is 18.3. The van der Waals surface area contributed by atoms with Crippen molar-refractivity contribution in [3.63, 3.8) is 0 Å². The van der Waals surface area contributed by atoms with E-state index < -0.39 is 0 Å². The van der Waals surface area contributed by atoms with Crippen LogP contribution in [0.2, 0.25) is 0 Å². The Morgan fingerprint density at radius 3 is 1.57 bits per heavy atom. The molecule has 0 aliphatic carbocycles. The Morgan fingerprint density at radius 2 is 0.774 bits per heavy atom. The van der Waals surface area contributed by atoms with Crippen molar-refractivity contribution < 1.29 is 4.42 Å². The fourth-order valence-corrected chi connectivity index (χ4v) is 9.06. The molecule has 0 bridgehead atoms. The number of benzene rings is 11. The second-order valence-electron chi connectivity index (χ2n) is 14.4. The summed E-state index contributed by atoms with van der Waals surface area (Å²) in [6.45, 7) is 0. The van der Waals surface area contributed by atoms with Gasteiger partial charge in [-0.1, -0.05) is 140 Å². The van der Waals surface area contributed by atoms with Gasteiger partial charge in [0.15, 0.2) is 0 Å². The Balaban J connectivity index is 1.02. The highest BCUT2D eigenvalue weighted by Gasteiger charge is 2.16. The van der Waals surface area contributed by atoms with Crippen molar-refractivity contribution in [2.45, 2.75) is 0 Å². The molecule has 11 aromatic carbocycles. The lowest BCUT2D eigenvalue weighted by molar-refractivity contribution is 0.670. The van der Waals surface area contributed by atoms with Crippen LogP contribution in [0.4, 0.5) is 0 Å². The zero-order valence-electron chi connectivity index (χ0n) is 28.7. The van der Waals surface area contributed by atoms with Gasteiger partial charge < -0.3 is 4.42 Å². The van der Waals surface area contributed by atoms with Gasteiger partial charge >= 0.3 is 0 Å². The molecule has 12 rings (SSSR count). The molecule has 0 aliphatic heterocycles. The van der Waals surface area contributed by atoms with E-state index in [0.29, 0.717) is 0 Å². The van der Waals surface area contributed by atoms with Crippen LogP contribution in [-0.2, 0) is 0 Å². The molecule has 53 heavy (non-hydrogen) atoms. The van der Waals surface area contributed by atoms with Gasteiger partial charge in [0.25, 0.3) is 0 Å². The van der Waals surface area contributed by atoms with Crippen LogP contribution in [0, 0.1) is 0 Å². The van der Waals surface area contributed by atoms with Gasteiger partial charge in [-0.15, -0.1) is 0 Å². The van der Waals surface area contributed by atoms with E-state index in [9.17, 15) is 0 Å². The third kappa shape index (κ3) is 4.19. The molecule has 0 atom stereocenters. The molecule has 0 amide bonds. The molecule has 1 aromatic heterocycles. The number of fused-ring (bicyclic) bond motifs is 15. The van der Waals surface area contributed by atoms with E-state index in [1.807, 2.05) is 0 Å². The normalized spacial score (nSPS) is 12.2. The standard InChI is InChI=1S/C52H30O/c1-4-12-39-31(9-1)22-24-50-52(39)49-29-47-43-16-8-7-15-42(43)46-27-35(21-23-44(46)48(47)30-51(49)53-50)33-17-18-34-26-37(20-19-32(34)25-33)45-28-36-10-2-3-11-38(36)40-13-5-6-14-41(40)45/h1-30H. The van der Waals surface area contributed by atoms with E-state index in [2.05, 4.69) is 182 Å². The van der Waals surface area contributed by atoms with E-state index in [1.54, 1.807) is 0 Å². The quantitative estimate of drug-likeness (QED) is 0.167. The lowest BCUT2D eigenvalue weighted by atomic mass is 9.90. The van der Waals surface area contributed by atoms with Gasteiger partial charge in [0.2, 0.25) is 0 Å². The Bertz CT molecular complexity index is 3510. The van der Waals surface area contributed by atoms with Gasteiger partial charge in [-0.05, 0) is 140 Å². The first-order valence-electron chi connectivity index (χ1n) is 18.3. The minimum Gasteiger partial charge on any atom is -0.456 e. The maximum absolute atomic E-state index is 6.54. The summed E-state index contributed by atoms with van der Waals surface area (Å²) in [5.74, 6) is 0. The zero-order valence-corrected chi connectivity index (χ0v) is 28.7. The molecule has 0 spiro atoms. The minimum absolute atomic E-state index is 0.926. The Morgan fingerprint density at radius 1 is 0.245 bits per heavy atom. The van der Waals surface area contributed by atoms with Crippen LogP contribution < -0.4 is 0 Å². The summed E-state index contributed by atoms with van der Waals surface area (Å²) in [4.78, 5) is 0. The molecular formula is C52H30O. The van der Waals surface area contributed by atoms with E-state index >= 15 is 0 Å². The molecule has 12 aromatic rings. The fourth-order valence-electron chi connectivity index (χ4n) is 9.06. The molecule has 1 nitrogen and oxygen atoms in total. The molecular weight excluding hydrogens is 641 g/mol. The van der Waals surface area contributed by atoms with Crippen LogP contribution in [0.15, 0.2) is 186 Å². The summed E-state index contributed by atoms with van der Waals surface area (Å²) in [6, 6.07) is 66.9. The van der Waals surface area contributed by atoms with Crippen LogP contribution in [-0.4, -0.2) is 0 Å². The van der Waals surface area contributed by atoms with E-state index in [-0.39, 0.29) is 0 Å². The van der Waals surface area contributed by atoms with Gasteiger partial charge in [0, 0.05) is 10.8 Å². The van der Waals surface area contributed by atoms with Crippen LogP contribution in [0.5, 0.6) is 0 Å². The van der Waals surface area contributed by atoms with Gasteiger partial charge in [-0.2, -0.15) is 0 Å². The van der Waals surface area contributed by atoms with Crippen molar-refractivity contribution in [1.29, 1.82) is 0 Å². The van der Waals surface area contributed by atoms with Crippen LogP contribution in [0.3, 0.4) is 0 Å². The van der Waals surface area contributed by atoms with E-state index in [0.717, 1.165) is 11.2 Å². The topological polar surface area (TPSA) is 13.1 Å². The first kappa shape index (κ1) is 28.7. The van der Waals surface area contributed by atoms with Gasteiger partial charge in [-0.3, -0.25) is 0 Å². The molecule has 0 radical (unpaired) electrons. The third-order valence-electron chi connectivity index (χ3n) is 11.6. The third-order valence-corrected chi connectivity index (χ3v) is 11.6. The van der Waals surface area contributed by atoms with Crippen LogP contribution in [0.1, 0.15) is 0 Å². The van der Waals surface area contributed by atoms with Gasteiger partial charge in [-0.25, -0.2) is 0 Å². The minimum atomic E-state index is 0.926. The fraction of sp³-hybridized carbons (Fsp3) is 0. The van der Waals surface area contributed by atoms with Gasteiger partial charge in [0.1, 0.15) is 11.2 Å². The monoisotopic (exact) mass is 670 g/mol. The maximum Gasteiger partial charge on any atom is 0.136 e. The summed E-state index contributed by atoms with van der Waals surface area (Å²) in [5, 5.41) is 19.9. The van der Waals surface area contributed by atoms with Gasteiger partial charge in [0.05, 0.1) is 0 Å². The van der Waals surface area contributed by atoms with E-state index in [1.165, 1.54) is 108 Å². The van der Waals surface area contributed by atoms with Crippen LogP contribution >= 0.6 is 0 Å². The molecule has 0 fully saturated rings. The molecule has 0 N–H and O–H groups in total. The Hall–Kier alpha value is -6.96. The number of hydrogen-bond acceptors (Lipinski definition) is 1. The summed E-state index contributed by atoms with van der Waals surface area (Å²) in [7, 11) is 0. The predicted octanol–water partition coefficient (Wildman–Crippen LogP) is 15.0. The van der Waals surface area contributed by atoms with Crippen molar-refractivity contribution >= 4 is 97.3 Å². The average molecular weight is 671 g/mol. The Kier molecular flexibility index (Phi) is 5.84. The van der Waals surface area contributed by atoms with Crippen LogP contribution in [0.25, 0.3) is 120 Å². The highest BCUT2D eigenvalue weighted by molar-refractivity contribution is 6.30. The highest BCUT2D eigenvalue weighted by Crippen LogP contribution is 2.43. The van der Waals surface area contributed by atoms with E-state index in [4.69, 9.17) is 4.42 Å². The molecule has 0 aliphatic rings. The van der Waals surface area contributed by atoms with Crippen molar-refractivity contribution in [2.75, 3.05) is 0 Å². The summed E-state index contributed by atoms with van der Waals surface area (Å²) >= 11 is 0. The summed E-state index contributed by atoms with van der Waals surface area (Å²) in [5.41, 5.74) is 6.79. The molecule has 244 valence electrons. The summed E-state index contributed by atoms with van der Waals surface area (Å²) in [6.07, 6.45) is 0. The Labute approximate surface area is 304 Å². The molecule has 1 heteroatoms. The second-order valence-corrected chi connectivity index (χ2v) is 14.4. The smallest absolute Gasteiger partial charge is 0.136 e. The highest BCUT2D eigenvalue weighted by atomic mass is 16.3. The van der Waals surface area contributed by atoms with Crippen molar-refractivity contribution in [3.8, 4) is 22.3 Å². The van der Waals surface area contributed by atoms with Crippen molar-refractivity contribution in [1.82, 2.24) is 0 Å². The SMILES string of the molecule is c1ccc2c(c1)cc(-c1ccc3cc(-c4ccc5c(c4)c4ccccc4c4cc6c(cc54)oc4ccc5ccccc5c46)ccc3c1)c1ccccc12. The number of rotatable bonds is 2. The predicted molar refractivity (Wildman–Crippen MR) is 227 cm³/mol. The largest absolute Gasteiger partial charge is 0.456 e. The molecule has 0 saturated heterocycles.